The Labute approximate surface area is 44.0 Å². The largest absolute Gasteiger partial charge is 0.255 e. The summed E-state index contributed by atoms with van der Waals surface area (Å²) in [5.74, 6) is 0. The van der Waals surface area contributed by atoms with E-state index >= 15 is 0 Å². The third-order valence-electron chi connectivity index (χ3n) is 0.617. The van der Waals surface area contributed by atoms with Gasteiger partial charge in [0.25, 0.3) is 0 Å². The van der Waals surface area contributed by atoms with Gasteiger partial charge < -0.3 is 0 Å². The van der Waals surface area contributed by atoms with Gasteiger partial charge in [0.05, 0.1) is 0 Å². The molecule has 0 N–H and O–H groups in total. The van der Waals surface area contributed by atoms with Gasteiger partial charge in [-0.15, -0.1) is 0 Å². The minimum atomic E-state index is 0.738. The van der Waals surface area contributed by atoms with Crippen LogP contribution in [0.15, 0.2) is 6.33 Å². The molecule has 1 aromatic heterocycles. The van der Waals surface area contributed by atoms with E-state index in [0.717, 1.165) is 5.57 Å². The molecular formula is C3H6N3P. The predicted molar refractivity (Wildman–Crippen MR) is 30.3 cm³/mol. The van der Waals surface area contributed by atoms with Gasteiger partial charge in [0, 0.05) is 7.05 Å². The van der Waals surface area contributed by atoms with Crippen molar-refractivity contribution in [3.63, 3.8) is 0 Å². The standard InChI is InChI=1S/C3H6N3P/c1-6-2-4-3(7)5-6/h2H,7H2,1H3. The molecule has 0 aliphatic carbocycles. The molecule has 0 aliphatic rings. The summed E-state index contributed by atoms with van der Waals surface area (Å²) >= 11 is 0. The van der Waals surface area contributed by atoms with Crippen molar-refractivity contribution in [3.8, 4) is 0 Å². The number of nitrogens with zero attached hydrogens (tertiary/aromatic N) is 3. The molecule has 3 nitrogen and oxygen atoms in total. The van der Waals surface area contributed by atoms with Crippen LogP contribution in [0.25, 0.3) is 0 Å². The minimum Gasteiger partial charge on any atom is -0.255 e. The van der Waals surface area contributed by atoms with Gasteiger partial charge in [-0.05, 0) is 0 Å². The topological polar surface area (TPSA) is 30.7 Å². The zero-order chi connectivity index (χ0) is 5.28. The summed E-state index contributed by atoms with van der Waals surface area (Å²) in [5, 5.41) is 3.88. The fourth-order valence-corrected chi connectivity index (χ4v) is 0.605. The van der Waals surface area contributed by atoms with Gasteiger partial charge in [0.15, 0.2) is 5.57 Å². The number of hydrogen-bond acceptors (Lipinski definition) is 2. The average Bonchev–Trinajstić information content (AvgIpc) is 1.87. The Morgan fingerprint density at radius 2 is 2.57 bits per heavy atom. The molecule has 0 aromatic carbocycles. The molecule has 1 rings (SSSR count). The van der Waals surface area contributed by atoms with Crippen molar-refractivity contribution in [3.05, 3.63) is 6.33 Å². The normalized spacial score (nSPS) is 9.43. The van der Waals surface area contributed by atoms with Crippen LogP contribution in [-0.4, -0.2) is 14.8 Å². The van der Waals surface area contributed by atoms with Crippen molar-refractivity contribution < 1.29 is 0 Å². The quantitative estimate of drug-likeness (QED) is 0.419. The lowest BCUT2D eigenvalue weighted by Gasteiger charge is -1.76. The molecule has 0 aliphatic heterocycles. The van der Waals surface area contributed by atoms with E-state index in [1.165, 1.54) is 0 Å². The molecule has 0 bridgehead atoms. The Balaban J connectivity index is 3.04. The molecule has 0 radical (unpaired) electrons. The smallest absolute Gasteiger partial charge is 0.166 e. The van der Waals surface area contributed by atoms with E-state index in [1.807, 2.05) is 7.05 Å². The number of hydrogen-bond donors (Lipinski definition) is 0. The highest BCUT2D eigenvalue weighted by molar-refractivity contribution is 7.26. The average molecular weight is 115 g/mol. The van der Waals surface area contributed by atoms with Gasteiger partial charge in [-0.3, -0.25) is 4.68 Å². The lowest BCUT2D eigenvalue weighted by Crippen LogP contribution is -1.96. The van der Waals surface area contributed by atoms with Crippen LogP contribution in [0, 0.1) is 0 Å². The molecule has 0 amide bonds. The van der Waals surface area contributed by atoms with Crippen LogP contribution in [0.5, 0.6) is 0 Å². The lowest BCUT2D eigenvalue weighted by atomic mass is 11.2. The molecular weight excluding hydrogens is 109 g/mol. The Hall–Kier alpha value is -0.430. The maximum absolute atomic E-state index is 3.88. The summed E-state index contributed by atoms with van der Waals surface area (Å²) in [5.41, 5.74) is 0.738. The van der Waals surface area contributed by atoms with E-state index in [-0.39, 0.29) is 0 Å². The van der Waals surface area contributed by atoms with Crippen LogP contribution in [0.1, 0.15) is 0 Å². The summed E-state index contributed by atoms with van der Waals surface area (Å²) in [6.45, 7) is 0. The third-order valence-corrected chi connectivity index (χ3v) is 0.882. The van der Waals surface area contributed by atoms with E-state index in [9.17, 15) is 0 Å². The molecule has 38 valence electrons. The Kier molecular flexibility index (Phi) is 1.07. The summed E-state index contributed by atoms with van der Waals surface area (Å²) in [6.07, 6.45) is 1.66. The lowest BCUT2D eigenvalue weighted by molar-refractivity contribution is 0.772. The van der Waals surface area contributed by atoms with E-state index in [0.29, 0.717) is 0 Å². The maximum atomic E-state index is 3.88. The van der Waals surface area contributed by atoms with Crippen LogP contribution >= 0.6 is 9.24 Å². The first-order valence-corrected chi connectivity index (χ1v) is 2.48. The number of aryl methyl sites for hydroxylation is 1. The van der Waals surface area contributed by atoms with E-state index in [1.54, 1.807) is 11.0 Å². The third kappa shape index (κ3) is 0.967. The van der Waals surface area contributed by atoms with Gasteiger partial charge in [-0.2, -0.15) is 5.10 Å². The number of aromatic nitrogens is 3. The molecule has 7 heavy (non-hydrogen) atoms. The molecule has 1 unspecified atom stereocenters. The zero-order valence-corrected chi connectivity index (χ0v) is 5.15. The molecule has 1 heterocycles. The summed E-state index contributed by atoms with van der Waals surface area (Å²) in [6, 6.07) is 0. The zero-order valence-electron chi connectivity index (χ0n) is 4.00. The van der Waals surface area contributed by atoms with Crippen molar-refractivity contribution >= 4 is 14.8 Å². The minimum absolute atomic E-state index is 0.738. The first-order valence-electron chi connectivity index (χ1n) is 1.90. The molecule has 0 fully saturated rings. The van der Waals surface area contributed by atoms with E-state index < -0.39 is 0 Å². The van der Waals surface area contributed by atoms with Crippen molar-refractivity contribution in [2.45, 2.75) is 0 Å². The van der Waals surface area contributed by atoms with Crippen LogP contribution < -0.4 is 5.57 Å². The Morgan fingerprint density at radius 1 is 1.86 bits per heavy atom. The molecule has 0 spiro atoms. The van der Waals surface area contributed by atoms with Gasteiger partial charge in [0.1, 0.15) is 6.33 Å². The first-order chi connectivity index (χ1) is 3.29. The van der Waals surface area contributed by atoms with Crippen molar-refractivity contribution in [2.24, 2.45) is 7.05 Å². The second kappa shape index (κ2) is 1.58. The molecule has 4 heteroatoms. The summed E-state index contributed by atoms with van der Waals surface area (Å²) in [4.78, 5) is 3.83. The SMILES string of the molecule is Cn1cnc(P)n1. The highest BCUT2D eigenvalue weighted by Gasteiger charge is 1.83. The monoisotopic (exact) mass is 115 g/mol. The molecule has 1 atom stereocenters. The van der Waals surface area contributed by atoms with Crippen LogP contribution in [0.4, 0.5) is 0 Å². The second-order valence-electron chi connectivity index (χ2n) is 1.28. The highest BCUT2D eigenvalue weighted by atomic mass is 31.0. The maximum Gasteiger partial charge on any atom is 0.166 e. The van der Waals surface area contributed by atoms with E-state index in [2.05, 4.69) is 19.3 Å². The second-order valence-corrected chi connectivity index (χ2v) is 1.79. The fraction of sp³-hybridized carbons (Fsp3) is 0.333. The van der Waals surface area contributed by atoms with Gasteiger partial charge in [0.2, 0.25) is 0 Å². The molecule has 1 aromatic rings. The van der Waals surface area contributed by atoms with Crippen LogP contribution in [0.3, 0.4) is 0 Å². The van der Waals surface area contributed by atoms with Crippen molar-refractivity contribution in [2.75, 3.05) is 0 Å². The predicted octanol–water partition coefficient (Wildman–Crippen LogP) is -0.685. The Morgan fingerprint density at radius 3 is 2.71 bits per heavy atom. The summed E-state index contributed by atoms with van der Waals surface area (Å²) < 4.78 is 1.66. The molecule has 0 saturated carbocycles. The Bertz CT molecular complexity index is 142. The highest BCUT2D eigenvalue weighted by Crippen LogP contribution is 1.74. The van der Waals surface area contributed by atoms with Crippen molar-refractivity contribution in [1.82, 2.24) is 14.8 Å². The van der Waals surface area contributed by atoms with Gasteiger partial charge in [-0.25, -0.2) is 4.98 Å². The van der Waals surface area contributed by atoms with Crippen LogP contribution in [0.2, 0.25) is 0 Å². The van der Waals surface area contributed by atoms with Gasteiger partial charge in [-0.1, -0.05) is 9.24 Å². The number of rotatable bonds is 0. The van der Waals surface area contributed by atoms with Crippen LogP contribution in [-0.2, 0) is 7.05 Å². The van der Waals surface area contributed by atoms with E-state index in [4.69, 9.17) is 0 Å². The molecule has 0 saturated heterocycles. The first kappa shape index (κ1) is 4.72. The summed E-state index contributed by atoms with van der Waals surface area (Å²) in [7, 11) is 4.24. The van der Waals surface area contributed by atoms with Crippen molar-refractivity contribution in [1.29, 1.82) is 0 Å². The fourth-order valence-electron chi connectivity index (χ4n) is 0.356. The van der Waals surface area contributed by atoms with Gasteiger partial charge >= 0.3 is 0 Å².